The zero-order valence-corrected chi connectivity index (χ0v) is 13.6. The summed E-state index contributed by atoms with van der Waals surface area (Å²) in [5.74, 6) is 1.68. The molecule has 1 aliphatic carbocycles. The first-order valence-electron chi connectivity index (χ1n) is 7.60. The third kappa shape index (κ3) is 4.03. The molecular weight excluding hydrogens is 252 g/mol. The van der Waals surface area contributed by atoms with Gasteiger partial charge in [0.15, 0.2) is 0 Å². The SMILES string of the molecule is CNCC1CCCCC1Cc1nc(C(C)(C)C)cs1. The highest BCUT2D eigenvalue weighted by atomic mass is 32.1. The lowest BCUT2D eigenvalue weighted by Gasteiger charge is -2.31. The summed E-state index contributed by atoms with van der Waals surface area (Å²) in [5, 5.41) is 6.97. The Morgan fingerprint density at radius 2 is 1.95 bits per heavy atom. The number of nitrogens with one attached hydrogen (secondary N) is 1. The van der Waals surface area contributed by atoms with Crippen LogP contribution in [-0.2, 0) is 11.8 Å². The average Bonchev–Trinajstić information content (AvgIpc) is 2.80. The Morgan fingerprint density at radius 1 is 1.26 bits per heavy atom. The molecule has 1 heterocycles. The number of hydrogen-bond donors (Lipinski definition) is 1. The largest absolute Gasteiger partial charge is 0.319 e. The van der Waals surface area contributed by atoms with Crippen molar-refractivity contribution in [2.24, 2.45) is 11.8 Å². The van der Waals surface area contributed by atoms with Gasteiger partial charge < -0.3 is 5.32 Å². The van der Waals surface area contributed by atoms with Crippen molar-refractivity contribution in [1.82, 2.24) is 10.3 Å². The maximum absolute atomic E-state index is 4.87. The number of thiazole rings is 1. The first-order valence-corrected chi connectivity index (χ1v) is 8.48. The zero-order chi connectivity index (χ0) is 13.9. The highest BCUT2D eigenvalue weighted by Crippen LogP contribution is 2.33. The highest BCUT2D eigenvalue weighted by molar-refractivity contribution is 7.09. The third-order valence-corrected chi connectivity index (χ3v) is 5.16. The Morgan fingerprint density at radius 3 is 2.53 bits per heavy atom. The summed E-state index contributed by atoms with van der Waals surface area (Å²) < 4.78 is 0. The Bertz CT molecular complexity index is 390. The Labute approximate surface area is 122 Å². The summed E-state index contributed by atoms with van der Waals surface area (Å²) in [7, 11) is 2.08. The number of nitrogens with zero attached hydrogens (tertiary/aromatic N) is 1. The van der Waals surface area contributed by atoms with Crippen LogP contribution < -0.4 is 5.32 Å². The summed E-state index contributed by atoms with van der Waals surface area (Å²) in [5.41, 5.74) is 1.44. The lowest BCUT2D eigenvalue weighted by atomic mass is 9.77. The van der Waals surface area contributed by atoms with Gasteiger partial charge in [-0.3, -0.25) is 0 Å². The molecule has 108 valence electrons. The fourth-order valence-electron chi connectivity index (χ4n) is 3.06. The molecule has 1 saturated carbocycles. The average molecular weight is 280 g/mol. The van der Waals surface area contributed by atoms with Crippen LogP contribution in [-0.4, -0.2) is 18.6 Å². The molecule has 2 unspecified atom stereocenters. The van der Waals surface area contributed by atoms with E-state index in [9.17, 15) is 0 Å². The van der Waals surface area contributed by atoms with Crippen molar-refractivity contribution < 1.29 is 0 Å². The van der Waals surface area contributed by atoms with Crippen LogP contribution in [0.15, 0.2) is 5.38 Å². The second kappa shape index (κ2) is 6.36. The van der Waals surface area contributed by atoms with E-state index in [4.69, 9.17) is 4.98 Å². The topological polar surface area (TPSA) is 24.9 Å². The van der Waals surface area contributed by atoms with E-state index in [0.717, 1.165) is 11.8 Å². The Kier molecular flexibility index (Phi) is 5.02. The van der Waals surface area contributed by atoms with Crippen LogP contribution in [0.3, 0.4) is 0 Å². The molecule has 1 aliphatic rings. The number of aromatic nitrogens is 1. The lowest BCUT2D eigenvalue weighted by molar-refractivity contribution is 0.232. The molecule has 0 spiro atoms. The van der Waals surface area contributed by atoms with E-state index >= 15 is 0 Å². The molecule has 2 rings (SSSR count). The standard InChI is InChI=1S/C16H28N2S/c1-16(2,3)14-11-19-15(18-14)9-12-7-5-6-8-13(12)10-17-4/h11-13,17H,5-10H2,1-4H3. The molecule has 2 nitrogen and oxygen atoms in total. The van der Waals surface area contributed by atoms with Gasteiger partial charge in [-0.1, -0.05) is 33.6 Å². The predicted molar refractivity (Wildman–Crippen MR) is 83.9 cm³/mol. The zero-order valence-electron chi connectivity index (χ0n) is 12.8. The van der Waals surface area contributed by atoms with Crippen molar-refractivity contribution in [3.05, 3.63) is 16.1 Å². The van der Waals surface area contributed by atoms with Gasteiger partial charge in [0.1, 0.15) is 0 Å². The van der Waals surface area contributed by atoms with Gasteiger partial charge in [-0.25, -0.2) is 4.98 Å². The lowest BCUT2D eigenvalue weighted by Crippen LogP contribution is -2.30. The van der Waals surface area contributed by atoms with Crippen LogP contribution in [0.2, 0.25) is 0 Å². The predicted octanol–water partition coefficient (Wildman–Crippen LogP) is 4.01. The minimum absolute atomic E-state index is 0.186. The molecule has 0 bridgehead atoms. The smallest absolute Gasteiger partial charge is 0.0931 e. The van der Waals surface area contributed by atoms with Crippen molar-refractivity contribution >= 4 is 11.3 Å². The molecule has 1 N–H and O–H groups in total. The molecule has 0 radical (unpaired) electrons. The molecule has 1 fully saturated rings. The van der Waals surface area contributed by atoms with Gasteiger partial charge in [0.05, 0.1) is 10.7 Å². The Hall–Kier alpha value is -0.410. The van der Waals surface area contributed by atoms with Crippen molar-refractivity contribution in [3.8, 4) is 0 Å². The second-order valence-corrected chi connectivity index (χ2v) is 7.89. The fraction of sp³-hybridized carbons (Fsp3) is 0.812. The normalized spacial score (nSPS) is 24.6. The summed E-state index contributed by atoms with van der Waals surface area (Å²) in [6.07, 6.45) is 6.78. The molecule has 19 heavy (non-hydrogen) atoms. The molecule has 3 heteroatoms. The molecule has 0 aromatic carbocycles. The summed E-state index contributed by atoms with van der Waals surface area (Å²) in [6, 6.07) is 0. The molecule has 2 atom stereocenters. The van der Waals surface area contributed by atoms with Gasteiger partial charge in [0.2, 0.25) is 0 Å². The van der Waals surface area contributed by atoms with E-state index in [1.54, 1.807) is 0 Å². The molecule has 1 aromatic rings. The minimum atomic E-state index is 0.186. The van der Waals surface area contributed by atoms with Gasteiger partial charge in [0.25, 0.3) is 0 Å². The maximum atomic E-state index is 4.87. The molecule has 0 amide bonds. The van der Waals surface area contributed by atoms with Crippen LogP contribution >= 0.6 is 11.3 Å². The summed E-state index contributed by atoms with van der Waals surface area (Å²) in [4.78, 5) is 4.87. The molecular formula is C16H28N2S. The maximum Gasteiger partial charge on any atom is 0.0931 e. The van der Waals surface area contributed by atoms with Crippen LogP contribution in [0.25, 0.3) is 0 Å². The number of hydrogen-bond acceptors (Lipinski definition) is 3. The monoisotopic (exact) mass is 280 g/mol. The van der Waals surface area contributed by atoms with E-state index < -0.39 is 0 Å². The molecule has 0 aliphatic heterocycles. The van der Waals surface area contributed by atoms with E-state index in [1.807, 2.05) is 11.3 Å². The third-order valence-electron chi connectivity index (χ3n) is 4.29. The first kappa shape index (κ1) is 15.0. The molecule has 0 saturated heterocycles. The van der Waals surface area contributed by atoms with Crippen LogP contribution in [0.4, 0.5) is 0 Å². The van der Waals surface area contributed by atoms with Crippen LogP contribution in [0.5, 0.6) is 0 Å². The van der Waals surface area contributed by atoms with Gasteiger partial charge in [0, 0.05) is 17.2 Å². The molecule has 1 aromatic heterocycles. The van der Waals surface area contributed by atoms with Gasteiger partial charge in [-0.15, -0.1) is 11.3 Å². The number of rotatable bonds is 4. The van der Waals surface area contributed by atoms with Crippen molar-refractivity contribution in [2.75, 3.05) is 13.6 Å². The van der Waals surface area contributed by atoms with Crippen molar-refractivity contribution in [1.29, 1.82) is 0 Å². The second-order valence-electron chi connectivity index (χ2n) is 6.94. The van der Waals surface area contributed by atoms with Crippen molar-refractivity contribution in [3.63, 3.8) is 0 Å². The van der Waals surface area contributed by atoms with E-state index in [1.165, 1.54) is 49.4 Å². The van der Waals surface area contributed by atoms with Crippen LogP contribution in [0, 0.1) is 11.8 Å². The van der Waals surface area contributed by atoms with Gasteiger partial charge >= 0.3 is 0 Å². The van der Waals surface area contributed by atoms with Crippen molar-refractivity contribution in [2.45, 2.75) is 58.3 Å². The van der Waals surface area contributed by atoms with Crippen LogP contribution in [0.1, 0.15) is 57.2 Å². The first-order chi connectivity index (χ1) is 9.00. The van der Waals surface area contributed by atoms with E-state index in [-0.39, 0.29) is 5.41 Å². The van der Waals surface area contributed by atoms with E-state index in [2.05, 4.69) is 38.5 Å². The minimum Gasteiger partial charge on any atom is -0.319 e. The summed E-state index contributed by atoms with van der Waals surface area (Å²) in [6.45, 7) is 7.91. The fourth-order valence-corrected chi connectivity index (χ4v) is 4.17. The van der Waals surface area contributed by atoms with E-state index in [0.29, 0.717) is 0 Å². The quantitative estimate of drug-likeness (QED) is 0.901. The summed E-state index contributed by atoms with van der Waals surface area (Å²) >= 11 is 1.86. The van der Waals surface area contributed by atoms with Gasteiger partial charge in [-0.05, 0) is 38.3 Å². The highest BCUT2D eigenvalue weighted by Gasteiger charge is 2.26. The Balaban J connectivity index is 2.00. The van der Waals surface area contributed by atoms with Gasteiger partial charge in [-0.2, -0.15) is 0 Å².